The fourth-order valence-electron chi connectivity index (χ4n) is 3.96. The molecule has 2 aromatic carbocycles. The number of hydrogen-bond acceptors (Lipinski definition) is 6. The molecule has 216 valence electrons. The van der Waals surface area contributed by atoms with Crippen molar-refractivity contribution in [2.24, 2.45) is 0 Å². The molecule has 3 rings (SSSR count). The van der Waals surface area contributed by atoms with Crippen LogP contribution < -0.4 is 10.1 Å². The molecule has 9 nitrogen and oxygen atoms in total. The number of rotatable bonds is 12. The molecule has 0 aliphatic heterocycles. The Morgan fingerprint density at radius 2 is 1.75 bits per heavy atom. The van der Waals surface area contributed by atoms with Crippen molar-refractivity contribution in [2.75, 3.05) is 6.61 Å². The lowest BCUT2D eigenvalue weighted by atomic mass is 10.0. The molecular formula is C27H29F4N3O6. The largest absolute Gasteiger partial charge is 0.481 e. The second-order valence-corrected chi connectivity index (χ2v) is 9.44. The number of aromatic nitrogens is 2. The fraction of sp³-hybridized carbons (Fsp3) is 0.370. The first-order chi connectivity index (χ1) is 18.8. The number of alkyl halides is 3. The van der Waals surface area contributed by atoms with Gasteiger partial charge in [-0.1, -0.05) is 26.0 Å². The number of hydrogen-bond donors (Lipinski definition) is 4. The van der Waals surface area contributed by atoms with Gasteiger partial charge in [-0.05, 0) is 47.9 Å². The van der Waals surface area contributed by atoms with E-state index in [2.05, 4.69) is 10.4 Å². The predicted octanol–water partition coefficient (Wildman–Crippen LogP) is 4.05. The lowest BCUT2D eigenvalue weighted by molar-refractivity contribution is -0.140. The summed E-state index contributed by atoms with van der Waals surface area (Å²) < 4.78 is 59.8. The first-order valence-electron chi connectivity index (χ1n) is 12.3. The minimum Gasteiger partial charge on any atom is -0.481 e. The third-order valence-electron chi connectivity index (χ3n) is 5.82. The molecule has 1 aromatic heterocycles. The zero-order chi connectivity index (χ0) is 29.6. The van der Waals surface area contributed by atoms with Crippen LogP contribution >= 0.6 is 0 Å². The zero-order valence-corrected chi connectivity index (χ0v) is 21.7. The molecule has 0 saturated carbocycles. The third-order valence-corrected chi connectivity index (χ3v) is 5.82. The SMILES string of the molecule is CC(C)c1c(C(=O)NCc2cccc(C(F)(F)F)c2)nn(-c2ccc(F)cc2)c1OCC(O)CC(O)CC(=O)O. The minimum absolute atomic E-state index is 0.0394. The lowest BCUT2D eigenvalue weighted by Crippen LogP contribution is -2.26. The number of amides is 1. The van der Waals surface area contributed by atoms with Gasteiger partial charge in [0.1, 0.15) is 12.4 Å². The number of ether oxygens (including phenoxy) is 1. The maximum atomic E-state index is 13.6. The highest BCUT2D eigenvalue weighted by Crippen LogP contribution is 2.33. The standard InChI is InChI=1S/C27H29F4N3O6/c1-15(2)23-24(25(39)32-13-16-4-3-5-17(10-16)27(29,30)31)33-34(19-8-6-18(28)7-9-19)26(23)40-14-21(36)11-20(35)12-22(37)38/h3-10,15,20-21,35-36H,11-14H2,1-2H3,(H,32,39)(H,37,38). The Labute approximate surface area is 227 Å². The van der Waals surface area contributed by atoms with Gasteiger partial charge < -0.3 is 25.4 Å². The Balaban J connectivity index is 1.91. The van der Waals surface area contributed by atoms with Gasteiger partial charge in [-0.15, -0.1) is 0 Å². The molecule has 2 unspecified atom stereocenters. The molecule has 0 fully saturated rings. The Kier molecular flexibility index (Phi) is 9.88. The number of nitrogens with zero attached hydrogens (tertiary/aromatic N) is 2. The first kappa shape index (κ1) is 30.6. The lowest BCUT2D eigenvalue weighted by Gasteiger charge is -2.17. The van der Waals surface area contributed by atoms with E-state index in [9.17, 15) is 37.4 Å². The number of aliphatic hydroxyl groups is 2. The van der Waals surface area contributed by atoms with Gasteiger partial charge >= 0.3 is 12.1 Å². The van der Waals surface area contributed by atoms with Gasteiger partial charge in [0.25, 0.3) is 5.91 Å². The second kappa shape index (κ2) is 12.9. The first-order valence-corrected chi connectivity index (χ1v) is 12.3. The van der Waals surface area contributed by atoms with Crippen LogP contribution in [0.3, 0.4) is 0 Å². The second-order valence-electron chi connectivity index (χ2n) is 9.44. The van der Waals surface area contributed by atoms with E-state index >= 15 is 0 Å². The number of carbonyl (C=O) groups is 2. The summed E-state index contributed by atoms with van der Waals surface area (Å²) in [5.74, 6) is -2.79. The summed E-state index contributed by atoms with van der Waals surface area (Å²) in [5.41, 5.74) is -0.112. The average Bonchev–Trinajstić information content (AvgIpc) is 3.25. The fourth-order valence-corrected chi connectivity index (χ4v) is 3.96. The summed E-state index contributed by atoms with van der Waals surface area (Å²) in [6, 6.07) is 9.62. The van der Waals surface area contributed by atoms with Gasteiger partial charge in [0.05, 0.1) is 29.9 Å². The molecule has 0 saturated heterocycles. The summed E-state index contributed by atoms with van der Waals surface area (Å²) in [6.45, 7) is 2.87. The molecule has 40 heavy (non-hydrogen) atoms. The number of aliphatic hydroxyl groups excluding tert-OH is 2. The summed E-state index contributed by atoms with van der Waals surface area (Å²) in [4.78, 5) is 24.0. The highest BCUT2D eigenvalue weighted by Gasteiger charge is 2.31. The van der Waals surface area contributed by atoms with E-state index < -0.39 is 54.7 Å². The summed E-state index contributed by atoms with van der Waals surface area (Å²) in [7, 11) is 0. The van der Waals surface area contributed by atoms with E-state index in [0.717, 1.165) is 12.1 Å². The van der Waals surface area contributed by atoms with E-state index in [1.54, 1.807) is 13.8 Å². The van der Waals surface area contributed by atoms with Crippen molar-refractivity contribution in [1.82, 2.24) is 15.1 Å². The highest BCUT2D eigenvalue weighted by atomic mass is 19.4. The Morgan fingerprint density at radius 1 is 1.07 bits per heavy atom. The van der Waals surface area contributed by atoms with Crippen molar-refractivity contribution in [3.8, 4) is 11.6 Å². The monoisotopic (exact) mass is 567 g/mol. The molecule has 0 radical (unpaired) electrons. The number of carbonyl (C=O) groups excluding carboxylic acids is 1. The number of aliphatic carboxylic acids is 1. The van der Waals surface area contributed by atoms with Crippen LogP contribution in [-0.2, 0) is 17.5 Å². The average molecular weight is 568 g/mol. The minimum atomic E-state index is -4.54. The number of carboxylic acid groups (broad SMARTS) is 1. The van der Waals surface area contributed by atoms with E-state index in [-0.39, 0.29) is 36.0 Å². The number of nitrogens with one attached hydrogen (secondary N) is 1. The van der Waals surface area contributed by atoms with Crippen molar-refractivity contribution in [1.29, 1.82) is 0 Å². The van der Waals surface area contributed by atoms with Crippen molar-refractivity contribution in [2.45, 2.75) is 57.5 Å². The highest BCUT2D eigenvalue weighted by molar-refractivity contribution is 5.94. The number of halogens is 4. The topological polar surface area (TPSA) is 134 Å². The van der Waals surface area contributed by atoms with Crippen LogP contribution in [0, 0.1) is 5.82 Å². The van der Waals surface area contributed by atoms with Crippen molar-refractivity contribution in [3.63, 3.8) is 0 Å². The summed E-state index contributed by atoms with van der Waals surface area (Å²) in [5, 5.41) is 35.8. The molecule has 0 aliphatic rings. The van der Waals surface area contributed by atoms with Crippen molar-refractivity contribution in [3.05, 3.63) is 76.7 Å². The molecule has 1 amide bonds. The number of benzene rings is 2. The molecule has 0 spiro atoms. The molecule has 0 aliphatic carbocycles. The predicted molar refractivity (Wildman–Crippen MR) is 135 cm³/mol. The van der Waals surface area contributed by atoms with E-state index in [1.807, 2.05) is 0 Å². The Hall–Kier alpha value is -3.97. The molecule has 0 bridgehead atoms. The summed E-state index contributed by atoms with van der Waals surface area (Å²) in [6.07, 6.45) is -8.00. The van der Waals surface area contributed by atoms with Crippen LogP contribution in [0.15, 0.2) is 48.5 Å². The van der Waals surface area contributed by atoms with Gasteiger partial charge in [0, 0.05) is 18.5 Å². The van der Waals surface area contributed by atoms with Crippen LogP contribution in [-0.4, -0.2) is 55.8 Å². The van der Waals surface area contributed by atoms with Gasteiger partial charge in [0.2, 0.25) is 5.88 Å². The van der Waals surface area contributed by atoms with Crippen LogP contribution in [0.4, 0.5) is 17.6 Å². The van der Waals surface area contributed by atoms with Crippen LogP contribution in [0.25, 0.3) is 5.69 Å². The molecule has 3 aromatic rings. The van der Waals surface area contributed by atoms with E-state index in [1.165, 1.54) is 41.1 Å². The Morgan fingerprint density at radius 3 is 2.35 bits per heavy atom. The molecular weight excluding hydrogens is 538 g/mol. The quantitative estimate of drug-likeness (QED) is 0.243. The number of carboxylic acids is 1. The molecule has 2 atom stereocenters. The van der Waals surface area contributed by atoms with Crippen LogP contribution in [0.2, 0.25) is 0 Å². The maximum absolute atomic E-state index is 13.6. The van der Waals surface area contributed by atoms with Gasteiger partial charge in [0.15, 0.2) is 5.69 Å². The van der Waals surface area contributed by atoms with E-state index in [0.29, 0.717) is 11.3 Å². The van der Waals surface area contributed by atoms with Crippen LogP contribution in [0.1, 0.15) is 59.8 Å². The van der Waals surface area contributed by atoms with Gasteiger partial charge in [-0.3, -0.25) is 9.59 Å². The smallest absolute Gasteiger partial charge is 0.416 e. The van der Waals surface area contributed by atoms with Gasteiger partial charge in [-0.25, -0.2) is 9.07 Å². The third kappa shape index (κ3) is 8.02. The zero-order valence-electron chi connectivity index (χ0n) is 21.7. The van der Waals surface area contributed by atoms with Gasteiger partial charge in [-0.2, -0.15) is 18.3 Å². The summed E-state index contributed by atoms with van der Waals surface area (Å²) >= 11 is 0. The van der Waals surface area contributed by atoms with Crippen LogP contribution in [0.5, 0.6) is 5.88 Å². The molecule has 13 heteroatoms. The molecule has 1 heterocycles. The van der Waals surface area contributed by atoms with Crippen molar-refractivity contribution >= 4 is 11.9 Å². The normalized spacial score (nSPS) is 13.2. The molecule has 4 N–H and O–H groups in total. The van der Waals surface area contributed by atoms with Crippen molar-refractivity contribution < 1.29 is 47.2 Å². The Bertz CT molecular complexity index is 1320. The van der Waals surface area contributed by atoms with E-state index in [4.69, 9.17) is 9.84 Å². The maximum Gasteiger partial charge on any atom is 0.416 e.